The lowest BCUT2D eigenvalue weighted by molar-refractivity contribution is -0.0503. The van der Waals surface area contributed by atoms with Gasteiger partial charge in [0.1, 0.15) is 11.3 Å². The van der Waals surface area contributed by atoms with Crippen molar-refractivity contribution in [2.45, 2.75) is 45.1 Å². The van der Waals surface area contributed by atoms with E-state index in [1.54, 1.807) is 17.1 Å². The average Bonchev–Trinajstić information content (AvgIpc) is 3.49. The number of pyridine rings is 2. The zero-order valence-electron chi connectivity index (χ0n) is 19.5. The third-order valence-corrected chi connectivity index (χ3v) is 8.33. The molecule has 0 atom stereocenters. The number of fused-ring (bicyclic) bond motifs is 1. The summed E-state index contributed by atoms with van der Waals surface area (Å²) in [5.41, 5.74) is 3.27. The van der Waals surface area contributed by atoms with Crippen LogP contribution in [0.2, 0.25) is 0 Å². The Bertz CT molecular complexity index is 1360. The molecule has 4 aromatic rings. The molecule has 0 aliphatic heterocycles. The largest absolute Gasteiger partial charge is 0.350 e. The van der Waals surface area contributed by atoms with Gasteiger partial charge in [0.25, 0.3) is 5.91 Å². The summed E-state index contributed by atoms with van der Waals surface area (Å²) < 4.78 is 3.57. The van der Waals surface area contributed by atoms with Crippen molar-refractivity contribution in [3.63, 3.8) is 0 Å². The van der Waals surface area contributed by atoms with Crippen molar-refractivity contribution in [3.05, 3.63) is 60.3 Å². The molecule has 9 heteroatoms. The van der Waals surface area contributed by atoms with Gasteiger partial charge in [0, 0.05) is 30.7 Å². The number of aromatic nitrogens is 7. The second kappa shape index (κ2) is 7.96. The summed E-state index contributed by atoms with van der Waals surface area (Å²) in [6, 6.07) is 9.45. The zero-order valence-corrected chi connectivity index (χ0v) is 19.5. The van der Waals surface area contributed by atoms with Gasteiger partial charge < -0.3 is 5.32 Å². The minimum atomic E-state index is -0.0335. The molecule has 0 unspecified atom stereocenters. The van der Waals surface area contributed by atoms with Crippen molar-refractivity contribution in [1.29, 1.82) is 0 Å². The van der Waals surface area contributed by atoms with Crippen molar-refractivity contribution in [3.8, 4) is 11.4 Å². The highest BCUT2D eigenvalue weighted by atomic mass is 16.1. The summed E-state index contributed by atoms with van der Waals surface area (Å²) in [6.45, 7) is 1.18. The first-order valence-electron chi connectivity index (χ1n) is 12.6. The number of hydrogen-bond acceptors (Lipinski definition) is 6. The maximum absolute atomic E-state index is 13.3. The lowest BCUT2D eigenvalue weighted by Gasteiger charge is -2.56. The highest BCUT2D eigenvalue weighted by Gasteiger charge is 2.50. The fourth-order valence-electron chi connectivity index (χ4n) is 7.35. The third-order valence-electron chi connectivity index (χ3n) is 8.33. The molecule has 0 aromatic carbocycles. The smallest absolute Gasteiger partial charge is 0.268 e. The highest BCUT2D eigenvalue weighted by molar-refractivity contribution is 5.93. The van der Waals surface area contributed by atoms with Gasteiger partial charge in [-0.05, 0) is 96.4 Å². The molecule has 4 aliphatic rings. The Kier molecular flexibility index (Phi) is 4.72. The summed E-state index contributed by atoms with van der Waals surface area (Å²) in [7, 11) is 0. The number of nitrogens with zero attached hydrogens (tertiary/aromatic N) is 7. The van der Waals surface area contributed by atoms with Gasteiger partial charge in [-0.2, -0.15) is 0 Å². The van der Waals surface area contributed by atoms with E-state index in [0.717, 1.165) is 41.2 Å². The van der Waals surface area contributed by atoms with Crippen LogP contribution >= 0.6 is 0 Å². The first-order valence-corrected chi connectivity index (χ1v) is 12.6. The van der Waals surface area contributed by atoms with Crippen LogP contribution < -0.4 is 5.32 Å². The van der Waals surface area contributed by atoms with E-state index in [1.165, 1.54) is 38.5 Å². The molecule has 0 spiro atoms. The van der Waals surface area contributed by atoms with E-state index < -0.39 is 0 Å². The van der Waals surface area contributed by atoms with Crippen LogP contribution in [0.25, 0.3) is 17.0 Å². The second-order valence-corrected chi connectivity index (χ2v) is 10.9. The van der Waals surface area contributed by atoms with Gasteiger partial charge in [-0.1, -0.05) is 6.07 Å². The first-order chi connectivity index (χ1) is 17.1. The Morgan fingerprint density at radius 2 is 1.86 bits per heavy atom. The number of nitrogens with one attached hydrogen (secondary N) is 1. The molecular weight excluding hydrogens is 440 g/mol. The molecular formula is C26H28N8O. The van der Waals surface area contributed by atoms with Crippen molar-refractivity contribution in [2.24, 2.45) is 23.2 Å². The van der Waals surface area contributed by atoms with Crippen molar-refractivity contribution in [1.82, 2.24) is 39.9 Å². The van der Waals surface area contributed by atoms with E-state index in [1.807, 2.05) is 40.9 Å². The van der Waals surface area contributed by atoms with Crippen LogP contribution in [0.3, 0.4) is 0 Å². The third kappa shape index (κ3) is 3.69. The van der Waals surface area contributed by atoms with Gasteiger partial charge in [-0.15, -0.1) is 5.10 Å². The standard InChI is InChI=1S/C26H28N8O/c35-25(28-16-26-10-17-7-18(11-26)9-19(8-17)12-26)22-4-1-5-23-29-21(14-33(22)23)15-34-24(30-31-32-34)20-3-2-6-27-13-20/h1-6,13-14,17-19H,7-12,15-16H2,(H,28,35). The number of carbonyl (C=O) groups is 1. The highest BCUT2D eigenvalue weighted by Crippen LogP contribution is 2.59. The summed E-state index contributed by atoms with van der Waals surface area (Å²) in [5, 5.41) is 15.4. The number of carbonyl (C=O) groups excluding carboxylic acids is 1. The monoisotopic (exact) mass is 468 g/mol. The van der Waals surface area contributed by atoms with Crippen LogP contribution in [0, 0.1) is 23.2 Å². The molecule has 0 radical (unpaired) electrons. The van der Waals surface area contributed by atoms with Gasteiger partial charge in [0.05, 0.1) is 12.2 Å². The number of imidazole rings is 1. The maximum Gasteiger partial charge on any atom is 0.268 e. The Labute approximate surface area is 203 Å². The minimum absolute atomic E-state index is 0.0335. The number of tetrazole rings is 1. The molecule has 178 valence electrons. The normalized spacial score (nSPS) is 26.9. The molecule has 4 heterocycles. The van der Waals surface area contributed by atoms with Crippen LogP contribution in [0.5, 0.6) is 0 Å². The van der Waals surface area contributed by atoms with E-state index in [2.05, 4.69) is 25.8 Å². The van der Waals surface area contributed by atoms with Gasteiger partial charge in [0.2, 0.25) is 0 Å². The predicted molar refractivity (Wildman–Crippen MR) is 128 cm³/mol. The molecule has 9 nitrogen and oxygen atoms in total. The van der Waals surface area contributed by atoms with Gasteiger partial charge in [0.15, 0.2) is 5.82 Å². The second-order valence-electron chi connectivity index (χ2n) is 10.9. The van der Waals surface area contributed by atoms with Crippen LogP contribution in [-0.2, 0) is 6.54 Å². The minimum Gasteiger partial charge on any atom is -0.350 e. The lowest BCUT2D eigenvalue weighted by Crippen LogP contribution is -2.51. The molecule has 4 aromatic heterocycles. The molecule has 4 fully saturated rings. The molecule has 4 aliphatic carbocycles. The van der Waals surface area contributed by atoms with E-state index in [-0.39, 0.29) is 5.91 Å². The lowest BCUT2D eigenvalue weighted by atomic mass is 9.49. The summed E-state index contributed by atoms with van der Waals surface area (Å²) in [4.78, 5) is 22.2. The van der Waals surface area contributed by atoms with E-state index in [0.29, 0.717) is 23.5 Å². The Balaban J connectivity index is 1.11. The fourth-order valence-corrected chi connectivity index (χ4v) is 7.35. The van der Waals surface area contributed by atoms with Gasteiger partial charge >= 0.3 is 0 Å². The Hall–Kier alpha value is -3.62. The fraction of sp³-hybridized carbons (Fsp3) is 0.462. The van der Waals surface area contributed by atoms with Crippen LogP contribution in [0.4, 0.5) is 0 Å². The molecule has 1 amide bonds. The molecule has 0 saturated heterocycles. The molecule has 1 N–H and O–H groups in total. The topological polar surface area (TPSA) is 103 Å². The van der Waals surface area contributed by atoms with Crippen LogP contribution in [0.15, 0.2) is 48.9 Å². The summed E-state index contributed by atoms with van der Waals surface area (Å²) in [5.74, 6) is 3.22. The molecule has 4 bridgehead atoms. The van der Waals surface area contributed by atoms with Gasteiger partial charge in [-0.3, -0.25) is 14.2 Å². The van der Waals surface area contributed by atoms with E-state index >= 15 is 0 Å². The zero-order chi connectivity index (χ0) is 23.4. The number of hydrogen-bond donors (Lipinski definition) is 1. The van der Waals surface area contributed by atoms with Crippen molar-refractivity contribution in [2.75, 3.05) is 6.54 Å². The average molecular weight is 469 g/mol. The summed E-state index contributed by atoms with van der Waals surface area (Å²) >= 11 is 0. The Morgan fingerprint density at radius 3 is 2.60 bits per heavy atom. The molecule has 35 heavy (non-hydrogen) atoms. The predicted octanol–water partition coefficient (Wildman–Crippen LogP) is 3.38. The van der Waals surface area contributed by atoms with E-state index in [9.17, 15) is 4.79 Å². The molecule has 8 rings (SSSR count). The first kappa shape index (κ1) is 20.7. The number of amides is 1. The van der Waals surface area contributed by atoms with Crippen molar-refractivity contribution < 1.29 is 4.79 Å². The maximum atomic E-state index is 13.3. The Morgan fingerprint density at radius 1 is 1.06 bits per heavy atom. The van der Waals surface area contributed by atoms with Crippen LogP contribution in [-0.4, -0.2) is 47.0 Å². The quantitative estimate of drug-likeness (QED) is 0.465. The number of rotatable bonds is 6. The molecule has 4 saturated carbocycles. The van der Waals surface area contributed by atoms with Crippen molar-refractivity contribution >= 4 is 11.6 Å². The van der Waals surface area contributed by atoms with Crippen LogP contribution in [0.1, 0.15) is 54.7 Å². The van der Waals surface area contributed by atoms with E-state index in [4.69, 9.17) is 4.98 Å². The van der Waals surface area contributed by atoms with Gasteiger partial charge in [-0.25, -0.2) is 9.67 Å². The summed E-state index contributed by atoms with van der Waals surface area (Å²) in [6.07, 6.45) is 13.4. The SMILES string of the molecule is O=C(NCC12CC3CC(CC(C3)C1)C2)c1cccc2nc(Cn3nnnc3-c3cccnc3)cn12.